The van der Waals surface area contributed by atoms with Crippen molar-refractivity contribution in [2.75, 3.05) is 13.6 Å². The molecule has 118 valence electrons. The van der Waals surface area contributed by atoms with Crippen LogP contribution in [0, 0.1) is 6.92 Å². The number of aliphatic carboxylic acids is 1. The van der Waals surface area contributed by atoms with E-state index in [9.17, 15) is 18.3 Å². The van der Waals surface area contributed by atoms with Crippen LogP contribution in [0.4, 0.5) is 0 Å². The smallest absolute Gasteiger partial charge is 0.322 e. The largest absolute Gasteiger partial charge is 0.480 e. The van der Waals surface area contributed by atoms with Gasteiger partial charge in [-0.3, -0.25) is 4.79 Å². The van der Waals surface area contributed by atoms with Gasteiger partial charge in [0.25, 0.3) is 10.2 Å². The Hall–Kier alpha value is -1.03. The number of piperidine rings is 1. The summed E-state index contributed by atoms with van der Waals surface area (Å²) in [5.74, 6) is -1.08. The van der Waals surface area contributed by atoms with Crippen LogP contribution >= 0.6 is 11.3 Å². The lowest BCUT2D eigenvalue weighted by molar-refractivity contribution is -0.142. The highest BCUT2D eigenvalue weighted by molar-refractivity contribution is 7.86. The summed E-state index contributed by atoms with van der Waals surface area (Å²) in [5, 5.41) is 10.1. The highest BCUT2D eigenvalue weighted by Crippen LogP contribution is 2.24. The van der Waals surface area contributed by atoms with Gasteiger partial charge in [0.05, 0.1) is 11.6 Å². The second-order valence-electron chi connectivity index (χ2n) is 5.07. The minimum absolute atomic E-state index is 0.205. The number of carboxylic acid groups (broad SMARTS) is 1. The molecule has 2 rings (SSSR count). The minimum Gasteiger partial charge on any atom is -0.480 e. The van der Waals surface area contributed by atoms with E-state index in [1.165, 1.54) is 22.7 Å². The molecule has 1 aromatic heterocycles. The van der Waals surface area contributed by atoms with Crippen LogP contribution in [0.5, 0.6) is 0 Å². The van der Waals surface area contributed by atoms with Gasteiger partial charge in [0.15, 0.2) is 0 Å². The lowest BCUT2D eigenvalue weighted by Gasteiger charge is -2.34. The zero-order valence-corrected chi connectivity index (χ0v) is 13.7. The van der Waals surface area contributed by atoms with Gasteiger partial charge in [-0.1, -0.05) is 0 Å². The van der Waals surface area contributed by atoms with Gasteiger partial charge in [0.1, 0.15) is 6.04 Å². The maximum atomic E-state index is 12.6. The minimum atomic E-state index is -3.78. The van der Waals surface area contributed by atoms with Crippen LogP contribution in [0.2, 0.25) is 0 Å². The highest BCUT2D eigenvalue weighted by Gasteiger charge is 2.38. The quantitative estimate of drug-likeness (QED) is 0.870. The zero-order valence-electron chi connectivity index (χ0n) is 12.0. The predicted molar refractivity (Wildman–Crippen MR) is 79.2 cm³/mol. The molecule has 0 bridgehead atoms. The molecule has 0 radical (unpaired) electrons. The first-order valence-corrected chi connectivity index (χ1v) is 8.91. The van der Waals surface area contributed by atoms with Gasteiger partial charge in [-0.25, -0.2) is 4.98 Å². The molecule has 0 aliphatic carbocycles. The van der Waals surface area contributed by atoms with Crippen LogP contribution in [-0.4, -0.2) is 52.7 Å². The summed E-state index contributed by atoms with van der Waals surface area (Å²) in [4.78, 5) is 16.2. The number of hydrogen-bond acceptors (Lipinski definition) is 5. The van der Waals surface area contributed by atoms with Gasteiger partial charge < -0.3 is 5.11 Å². The molecule has 1 atom stereocenters. The molecular formula is C12H19N3O4S2. The van der Waals surface area contributed by atoms with Crippen molar-refractivity contribution in [3.8, 4) is 0 Å². The Morgan fingerprint density at radius 3 is 2.86 bits per heavy atom. The van der Waals surface area contributed by atoms with E-state index in [1.54, 1.807) is 6.20 Å². The monoisotopic (exact) mass is 333 g/mol. The molecule has 1 saturated heterocycles. The van der Waals surface area contributed by atoms with Crippen molar-refractivity contribution in [2.45, 2.75) is 38.8 Å². The number of aryl methyl sites for hydroxylation is 1. The fraction of sp³-hybridized carbons (Fsp3) is 0.667. The number of thiazole rings is 1. The van der Waals surface area contributed by atoms with Gasteiger partial charge in [0.2, 0.25) is 0 Å². The molecule has 1 unspecified atom stereocenters. The van der Waals surface area contributed by atoms with E-state index in [1.807, 2.05) is 6.92 Å². The molecule has 0 spiro atoms. The number of aromatic nitrogens is 1. The van der Waals surface area contributed by atoms with Crippen LogP contribution in [0.25, 0.3) is 0 Å². The molecule has 2 heterocycles. The van der Waals surface area contributed by atoms with Gasteiger partial charge in [-0.15, -0.1) is 11.3 Å². The molecule has 1 aliphatic rings. The number of rotatable bonds is 5. The fourth-order valence-corrected chi connectivity index (χ4v) is 4.85. The topological polar surface area (TPSA) is 90.8 Å². The summed E-state index contributed by atoms with van der Waals surface area (Å²) in [6, 6.07) is -0.964. The first-order chi connectivity index (χ1) is 9.82. The Bertz CT molecular complexity index is 614. The average Bonchev–Trinajstić information content (AvgIpc) is 2.84. The molecule has 0 aromatic carbocycles. The van der Waals surface area contributed by atoms with Crippen molar-refractivity contribution in [3.63, 3.8) is 0 Å². The summed E-state index contributed by atoms with van der Waals surface area (Å²) in [5.41, 5.74) is 0. The van der Waals surface area contributed by atoms with Gasteiger partial charge in [0, 0.05) is 24.7 Å². The normalized spacial score (nSPS) is 20.8. The van der Waals surface area contributed by atoms with Crippen molar-refractivity contribution < 1.29 is 18.3 Å². The molecule has 7 nitrogen and oxygen atoms in total. The van der Waals surface area contributed by atoms with Crippen molar-refractivity contribution in [1.29, 1.82) is 0 Å². The first-order valence-electron chi connectivity index (χ1n) is 6.69. The maximum absolute atomic E-state index is 12.6. The van der Waals surface area contributed by atoms with Gasteiger partial charge >= 0.3 is 5.97 Å². The van der Waals surface area contributed by atoms with E-state index in [0.717, 1.165) is 20.6 Å². The second kappa shape index (κ2) is 6.39. The Kier molecular flexibility index (Phi) is 4.97. The number of nitrogens with zero attached hydrogens (tertiary/aromatic N) is 3. The van der Waals surface area contributed by atoms with E-state index in [0.29, 0.717) is 12.8 Å². The number of carbonyl (C=O) groups is 1. The maximum Gasteiger partial charge on any atom is 0.322 e. The third kappa shape index (κ3) is 3.60. The second-order valence-corrected chi connectivity index (χ2v) is 8.38. The van der Waals surface area contributed by atoms with Crippen LogP contribution in [0.3, 0.4) is 0 Å². The Morgan fingerprint density at radius 1 is 1.57 bits per heavy atom. The fourth-order valence-electron chi connectivity index (χ4n) is 2.39. The van der Waals surface area contributed by atoms with Crippen LogP contribution < -0.4 is 0 Å². The predicted octanol–water partition coefficient (Wildman–Crippen LogP) is 1.07. The summed E-state index contributed by atoms with van der Waals surface area (Å²) >= 11 is 1.43. The van der Waals surface area contributed by atoms with E-state index in [2.05, 4.69) is 4.98 Å². The molecule has 1 N–H and O–H groups in total. The lowest BCUT2D eigenvalue weighted by Crippen LogP contribution is -2.52. The molecule has 1 fully saturated rings. The van der Waals surface area contributed by atoms with Crippen molar-refractivity contribution in [3.05, 3.63) is 16.1 Å². The molecule has 21 heavy (non-hydrogen) atoms. The van der Waals surface area contributed by atoms with E-state index in [-0.39, 0.29) is 13.1 Å². The highest BCUT2D eigenvalue weighted by atomic mass is 32.2. The molecular weight excluding hydrogens is 314 g/mol. The van der Waals surface area contributed by atoms with Crippen LogP contribution in [0.1, 0.15) is 29.1 Å². The summed E-state index contributed by atoms with van der Waals surface area (Å²) in [7, 11) is -2.31. The molecule has 1 aliphatic heterocycles. The van der Waals surface area contributed by atoms with Crippen molar-refractivity contribution in [2.24, 2.45) is 0 Å². The third-order valence-electron chi connectivity index (χ3n) is 3.48. The Morgan fingerprint density at radius 2 is 2.29 bits per heavy atom. The number of carboxylic acids is 1. The van der Waals surface area contributed by atoms with Crippen molar-refractivity contribution in [1.82, 2.24) is 13.6 Å². The third-order valence-corrected chi connectivity index (χ3v) is 6.32. The SMILES string of the molecule is Cc1ncc(CN(C)S(=O)(=O)N2CCCCC2C(=O)O)s1. The zero-order chi connectivity index (χ0) is 15.6. The van der Waals surface area contributed by atoms with Crippen molar-refractivity contribution >= 4 is 27.5 Å². The Balaban J connectivity index is 2.17. The van der Waals surface area contributed by atoms with Crippen LogP contribution in [0.15, 0.2) is 6.20 Å². The van der Waals surface area contributed by atoms with E-state index >= 15 is 0 Å². The average molecular weight is 333 g/mol. The summed E-state index contributed by atoms with van der Waals surface area (Å²) in [6.07, 6.45) is 3.44. The van der Waals surface area contributed by atoms with E-state index in [4.69, 9.17) is 0 Å². The standard InChI is InChI=1S/C12H19N3O4S2/c1-9-13-7-10(20-9)8-14(2)21(18,19)15-6-4-3-5-11(15)12(16)17/h7,11H,3-6,8H2,1-2H3,(H,16,17). The first kappa shape index (κ1) is 16.3. The molecule has 0 saturated carbocycles. The van der Waals surface area contributed by atoms with E-state index < -0.39 is 22.2 Å². The number of hydrogen-bond donors (Lipinski definition) is 1. The van der Waals surface area contributed by atoms with Gasteiger partial charge in [-0.05, 0) is 26.2 Å². The Labute approximate surface area is 128 Å². The van der Waals surface area contributed by atoms with Gasteiger partial charge in [-0.2, -0.15) is 17.0 Å². The molecule has 1 aromatic rings. The summed E-state index contributed by atoms with van der Waals surface area (Å²) in [6.45, 7) is 2.32. The molecule has 9 heteroatoms. The molecule has 0 amide bonds. The summed E-state index contributed by atoms with van der Waals surface area (Å²) < 4.78 is 27.5. The lowest BCUT2D eigenvalue weighted by atomic mass is 10.1. The van der Waals surface area contributed by atoms with Crippen LogP contribution in [-0.2, 0) is 21.5 Å².